The van der Waals surface area contributed by atoms with E-state index in [0.29, 0.717) is 18.6 Å². The molecule has 0 radical (unpaired) electrons. The SMILES string of the molecule is O=C(CCCc1ccccc1)Cc1ccc(I)cc1. The van der Waals surface area contributed by atoms with Crippen LogP contribution >= 0.6 is 22.6 Å². The monoisotopic (exact) mass is 364 g/mol. The number of carbonyl (C=O) groups is 1. The summed E-state index contributed by atoms with van der Waals surface area (Å²) in [5.74, 6) is 0.331. The molecule has 0 unspecified atom stereocenters. The zero-order valence-electron chi connectivity index (χ0n) is 10.8. The van der Waals surface area contributed by atoms with Gasteiger partial charge in [-0.15, -0.1) is 0 Å². The molecule has 19 heavy (non-hydrogen) atoms. The number of ketones is 1. The lowest BCUT2D eigenvalue weighted by atomic mass is 10.0. The van der Waals surface area contributed by atoms with E-state index in [1.54, 1.807) is 0 Å². The fourth-order valence-electron chi connectivity index (χ4n) is 2.05. The summed E-state index contributed by atoms with van der Waals surface area (Å²) in [6.07, 6.45) is 3.15. The predicted octanol–water partition coefficient (Wildman–Crippen LogP) is 4.43. The van der Waals surface area contributed by atoms with Gasteiger partial charge in [0.2, 0.25) is 0 Å². The van der Waals surface area contributed by atoms with Crippen LogP contribution in [0.3, 0.4) is 0 Å². The lowest BCUT2D eigenvalue weighted by Gasteiger charge is -2.03. The first-order valence-electron chi connectivity index (χ1n) is 6.54. The van der Waals surface area contributed by atoms with Gasteiger partial charge >= 0.3 is 0 Å². The van der Waals surface area contributed by atoms with Gasteiger partial charge in [0.05, 0.1) is 0 Å². The van der Waals surface area contributed by atoms with Crippen molar-refractivity contribution in [3.05, 3.63) is 69.3 Å². The second kappa shape index (κ2) is 7.43. The highest BCUT2D eigenvalue weighted by molar-refractivity contribution is 14.1. The Morgan fingerprint density at radius 2 is 1.58 bits per heavy atom. The Morgan fingerprint density at radius 3 is 2.26 bits per heavy atom. The molecule has 0 saturated carbocycles. The van der Waals surface area contributed by atoms with Crippen LogP contribution in [0.4, 0.5) is 0 Å². The summed E-state index contributed by atoms with van der Waals surface area (Å²) in [6.45, 7) is 0. The Bertz CT molecular complexity index is 517. The van der Waals surface area contributed by atoms with Crippen LogP contribution in [0, 0.1) is 3.57 Å². The van der Waals surface area contributed by atoms with E-state index in [1.165, 1.54) is 9.13 Å². The number of hydrogen-bond acceptors (Lipinski definition) is 1. The van der Waals surface area contributed by atoms with Crippen molar-refractivity contribution in [1.82, 2.24) is 0 Å². The van der Waals surface area contributed by atoms with E-state index in [0.717, 1.165) is 18.4 Å². The maximum atomic E-state index is 11.9. The minimum atomic E-state index is 0.331. The Morgan fingerprint density at radius 1 is 0.895 bits per heavy atom. The summed E-state index contributed by atoms with van der Waals surface area (Å²) in [7, 11) is 0. The number of aryl methyl sites for hydroxylation is 1. The summed E-state index contributed by atoms with van der Waals surface area (Å²) in [5.41, 5.74) is 2.43. The first-order valence-corrected chi connectivity index (χ1v) is 7.62. The molecule has 0 saturated heterocycles. The molecule has 2 aromatic rings. The highest BCUT2D eigenvalue weighted by Gasteiger charge is 2.04. The largest absolute Gasteiger partial charge is 0.299 e. The minimum Gasteiger partial charge on any atom is -0.299 e. The number of carbonyl (C=O) groups excluding carboxylic acids is 1. The normalized spacial score (nSPS) is 10.4. The molecule has 0 heterocycles. The highest BCUT2D eigenvalue weighted by atomic mass is 127. The van der Waals surface area contributed by atoms with E-state index < -0.39 is 0 Å². The molecule has 2 aromatic carbocycles. The van der Waals surface area contributed by atoms with Gasteiger partial charge in [-0.05, 0) is 58.7 Å². The molecule has 0 atom stereocenters. The zero-order valence-corrected chi connectivity index (χ0v) is 13.0. The molecule has 0 aliphatic rings. The van der Waals surface area contributed by atoms with Gasteiger partial charge in [-0.25, -0.2) is 0 Å². The van der Waals surface area contributed by atoms with Gasteiger partial charge in [0.15, 0.2) is 0 Å². The number of benzene rings is 2. The molecule has 0 fully saturated rings. The minimum absolute atomic E-state index is 0.331. The lowest BCUT2D eigenvalue weighted by Crippen LogP contribution is -2.03. The molecular formula is C17H17IO. The standard InChI is InChI=1S/C17H17IO/c18-16-11-9-15(10-12-16)13-17(19)8-4-7-14-5-2-1-3-6-14/h1-3,5-6,9-12H,4,7-8,13H2. The van der Waals surface area contributed by atoms with Gasteiger partial charge < -0.3 is 0 Å². The number of rotatable bonds is 6. The third-order valence-corrected chi connectivity index (χ3v) is 3.80. The van der Waals surface area contributed by atoms with Crippen LogP contribution in [0.25, 0.3) is 0 Å². The molecule has 0 aromatic heterocycles. The Balaban J connectivity index is 1.74. The molecule has 0 amide bonds. The maximum Gasteiger partial charge on any atom is 0.137 e. The summed E-state index contributed by atoms with van der Waals surface area (Å²) in [6, 6.07) is 18.5. The van der Waals surface area contributed by atoms with Crippen LogP contribution in [0.2, 0.25) is 0 Å². The molecule has 0 aliphatic carbocycles. The van der Waals surface area contributed by atoms with Crippen LogP contribution in [-0.2, 0) is 17.6 Å². The van der Waals surface area contributed by atoms with Crippen LogP contribution in [0.15, 0.2) is 54.6 Å². The fourth-order valence-corrected chi connectivity index (χ4v) is 2.41. The molecule has 0 spiro atoms. The van der Waals surface area contributed by atoms with Crippen molar-refractivity contribution < 1.29 is 4.79 Å². The average molecular weight is 364 g/mol. The number of halogens is 1. The smallest absolute Gasteiger partial charge is 0.137 e. The van der Waals surface area contributed by atoms with Crippen LogP contribution in [-0.4, -0.2) is 5.78 Å². The average Bonchev–Trinajstić information content (AvgIpc) is 2.43. The van der Waals surface area contributed by atoms with Crippen molar-refractivity contribution in [1.29, 1.82) is 0 Å². The highest BCUT2D eigenvalue weighted by Crippen LogP contribution is 2.10. The molecule has 98 valence electrons. The Hall–Kier alpha value is -1.16. The molecule has 1 nitrogen and oxygen atoms in total. The van der Waals surface area contributed by atoms with Crippen LogP contribution < -0.4 is 0 Å². The summed E-state index contributed by atoms with van der Waals surface area (Å²) >= 11 is 2.27. The third-order valence-electron chi connectivity index (χ3n) is 3.08. The zero-order chi connectivity index (χ0) is 13.5. The van der Waals surface area contributed by atoms with Gasteiger partial charge in [0.25, 0.3) is 0 Å². The second-order valence-corrected chi connectivity index (χ2v) is 5.93. The van der Waals surface area contributed by atoms with E-state index in [1.807, 2.05) is 42.5 Å². The number of Topliss-reactive ketones (excluding diaryl/α,β-unsaturated/α-hetero) is 1. The molecule has 0 bridgehead atoms. The van der Waals surface area contributed by atoms with Gasteiger partial charge in [-0.2, -0.15) is 0 Å². The fraction of sp³-hybridized carbons (Fsp3) is 0.235. The van der Waals surface area contributed by atoms with Crippen molar-refractivity contribution in [2.45, 2.75) is 25.7 Å². The van der Waals surface area contributed by atoms with E-state index in [4.69, 9.17) is 0 Å². The molecule has 2 rings (SSSR count). The topological polar surface area (TPSA) is 17.1 Å². The van der Waals surface area contributed by atoms with Gasteiger partial charge in [0, 0.05) is 16.4 Å². The van der Waals surface area contributed by atoms with Crippen LogP contribution in [0.5, 0.6) is 0 Å². The quantitative estimate of drug-likeness (QED) is 0.694. The van der Waals surface area contributed by atoms with Crippen molar-refractivity contribution in [2.75, 3.05) is 0 Å². The Kier molecular flexibility index (Phi) is 5.58. The first kappa shape index (κ1) is 14.3. The summed E-state index contributed by atoms with van der Waals surface area (Å²) in [4.78, 5) is 11.9. The molecular weight excluding hydrogens is 347 g/mol. The van der Waals surface area contributed by atoms with E-state index >= 15 is 0 Å². The molecule has 2 heteroatoms. The van der Waals surface area contributed by atoms with E-state index in [9.17, 15) is 4.79 Å². The maximum absolute atomic E-state index is 11.9. The van der Waals surface area contributed by atoms with Crippen molar-refractivity contribution in [2.24, 2.45) is 0 Å². The summed E-state index contributed by atoms with van der Waals surface area (Å²) < 4.78 is 1.21. The van der Waals surface area contributed by atoms with Gasteiger partial charge in [0.1, 0.15) is 5.78 Å². The van der Waals surface area contributed by atoms with E-state index in [-0.39, 0.29) is 0 Å². The van der Waals surface area contributed by atoms with Gasteiger partial charge in [-0.3, -0.25) is 4.79 Å². The lowest BCUT2D eigenvalue weighted by molar-refractivity contribution is -0.118. The van der Waals surface area contributed by atoms with Gasteiger partial charge in [-0.1, -0.05) is 42.5 Å². The second-order valence-electron chi connectivity index (χ2n) is 4.68. The van der Waals surface area contributed by atoms with Crippen molar-refractivity contribution >= 4 is 28.4 Å². The van der Waals surface area contributed by atoms with Crippen molar-refractivity contribution in [3.63, 3.8) is 0 Å². The number of hydrogen-bond donors (Lipinski definition) is 0. The van der Waals surface area contributed by atoms with E-state index in [2.05, 4.69) is 34.7 Å². The first-order chi connectivity index (χ1) is 9.24. The molecule has 0 aliphatic heterocycles. The molecule has 0 N–H and O–H groups in total. The van der Waals surface area contributed by atoms with Crippen molar-refractivity contribution in [3.8, 4) is 0 Å². The Labute approximate surface area is 128 Å². The predicted molar refractivity (Wildman–Crippen MR) is 87.3 cm³/mol. The van der Waals surface area contributed by atoms with Crippen LogP contribution in [0.1, 0.15) is 24.0 Å². The summed E-state index contributed by atoms with van der Waals surface area (Å²) in [5, 5.41) is 0. The third kappa shape index (κ3) is 5.15.